The fraction of sp³-hybridized carbons (Fsp3) is 0.200. The zero-order chi connectivity index (χ0) is 12.4. The minimum absolute atomic E-state index is 0.809. The summed E-state index contributed by atoms with van der Waals surface area (Å²) in [6, 6.07) is 12.2. The van der Waals surface area contributed by atoms with Gasteiger partial charge in [-0.3, -0.25) is 0 Å². The molecule has 0 aliphatic rings. The Labute approximate surface area is 102 Å². The van der Waals surface area contributed by atoms with Crippen LogP contribution in [0.25, 0.3) is 0 Å². The molecule has 17 heavy (non-hydrogen) atoms. The maximum atomic E-state index is 5.99. The Kier molecular flexibility index (Phi) is 3.05. The van der Waals surface area contributed by atoms with E-state index in [-0.39, 0.29) is 0 Å². The Morgan fingerprint density at radius 2 is 1.65 bits per heavy atom. The molecule has 0 aromatic heterocycles. The standard InChI is InChI=1S/C15H18N2/c1-10-3-6-15(17)13(7-10)9-12-4-5-14(16)8-11(12)2/h3-8H,9,16-17H2,1-2H3. The SMILES string of the molecule is Cc1ccc(N)c(Cc2ccc(N)cc2C)c1. The van der Waals surface area contributed by atoms with Gasteiger partial charge in [0.25, 0.3) is 0 Å². The number of nitrogen functional groups attached to an aromatic ring is 2. The molecule has 0 aliphatic heterocycles. The lowest BCUT2D eigenvalue weighted by Gasteiger charge is -2.10. The van der Waals surface area contributed by atoms with Crippen LogP contribution in [0.4, 0.5) is 11.4 Å². The van der Waals surface area contributed by atoms with Crippen molar-refractivity contribution in [2.45, 2.75) is 20.3 Å². The number of hydrogen-bond acceptors (Lipinski definition) is 2. The van der Waals surface area contributed by atoms with E-state index in [1.165, 1.54) is 22.3 Å². The van der Waals surface area contributed by atoms with E-state index in [1.54, 1.807) is 0 Å². The largest absolute Gasteiger partial charge is 0.399 e. The predicted octanol–water partition coefficient (Wildman–Crippen LogP) is 3.06. The van der Waals surface area contributed by atoms with Crippen molar-refractivity contribution in [3.63, 3.8) is 0 Å². The molecule has 0 spiro atoms. The summed E-state index contributed by atoms with van der Waals surface area (Å²) < 4.78 is 0. The molecule has 0 unspecified atom stereocenters. The second-order valence-electron chi connectivity index (χ2n) is 4.56. The van der Waals surface area contributed by atoms with E-state index in [0.717, 1.165) is 17.8 Å². The molecule has 4 N–H and O–H groups in total. The summed E-state index contributed by atoms with van der Waals surface area (Å²) in [6.07, 6.45) is 0.861. The first-order chi connectivity index (χ1) is 8.06. The highest BCUT2D eigenvalue weighted by atomic mass is 14.6. The average Bonchev–Trinajstić information content (AvgIpc) is 2.27. The molecule has 2 nitrogen and oxygen atoms in total. The van der Waals surface area contributed by atoms with Gasteiger partial charge in [-0.25, -0.2) is 0 Å². The number of anilines is 2. The molecule has 2 rings (SSSR count). The molecule has 88 valence electrons. The van der Waals surface area contributed by atoms with Gasteiger partial charge < -0.3 is 11.5 Å². The third-order valence-electron chi connectivity index (χ3n) is 3.05. The van der Waals surface area contributed by atoms with Crippen LogP contribution >= 0.6 is 0 Å². The van der Waals surface area contributed by atoms with E-state index >= 15 is 0 Å². The monoisotopic (exact) mass is 226 g/mol. The van der Waals surface area contributed by atoms with Crippen LogP contribution in [-0.2, 0) is 6.42 Å². The van der Waals surface area contributed by atoms with Crippen LogP contribution in [-0.4, -0.2) is 0 Å². The molecule has 0 radical (unpaired) electrons. The number of hydrogen-bond donors (Lipinski definition) is 2. The summed E-state index contributed by atoms with van der Waals surface area (Å²) in [7, 11) is 0. The second kappa shape index (κ2) is 4.50. The van der Waals surface area contributed by atoms with E-state index in [4.69, 9.17) is 11.5 Å². The summed E-state index contributed by atoms with van der Waals surface area (Å²) in [6.45, 7) is 4.16. The quantitative estimate of drug-likeness (QED) is 0.773. The minimum atomic E-state index is 0.809. The maximum absolute atomic E-state index is 5.99. The first-order valence-electron chi connectivity index (χ1n) is 5.76. The number of nitrogens with two attached hydrogens (primary N) is 2. The van der Waals surface area contributed by atoms with Crippen LogP contribution in [0.2, 0.25) is 0 Å². The van der Waals surface area contributed by atoms with E-state index in [9.17, 15) is 0 Å². The summed E-state index contributed by atoms with van der Waals surface area (Å²) in [5, 5.41) is 0. The third kappa shape index (κ3) is 2.59. The van der Waals surface area contributed by atoms with Crippen molar-refractivity contribution in [3.05, 3.63) is 58.7 Å². The molecule has 0 atom stereocenters. The van der Waals surface area contributed by atoms with E-state index in [1.807, 2.05) is 24.3 Å². The number of rotatable bonds is 2. The lowest BCUT2D eigenvalue weighted by atomic mass is 9.98. The molecule has 0 bridgehead atoms. The van der Waals surface area contributed by atoms with Crippen molar-refractivity contribution in [2.75, 3.05) is 11.5 Å². The molecule has 0 aliphatic carbocycles. The van der Waals surface area contributed by atoms with Crippen LogP contribution in [0.15, 0.2) is 36.4 Å². The third-order valence-corrected chi connectivity index (χ3v) is 3.05. The normalized spacial score (nSPS) is 10.5. The van der Waals surface area contributed by atoms with Gasteiger partial charge in [-0.15, -0.1) is 0 Å². The molecule has 2 heteroatoms. The second-order valence-corrected chi connectivity index (χ2v) is 4.56. The van der Waals surface area contributed by atoms with Gasteiger partial charge in [-0.1, -0.05) is 23.8 Å². The molecule has 0 saturated heterocycles. The summed E-state index contributed by atoms with van der Waals surface area (Å²) in [5.74, 6) is 0. The van der Waals surface area contributed by atoms with Crippen molar-refractivity contribution in [1.82, 2.24) is 0 Å². The number of benzene rings is 2. The van der Waals surface area contributed by atoms with Crippen LogP contribution < -0.4 is 11.5 Å². The zero-order valence-electron chi connectivity index (χ0n) is 10.3. The zero-order valence-corrected chi connectivity index (χ0v) is 10.3. The van der Waals surface area contributed by atoms with Crippen molar-refractivity contribution >= 4 is 11.4 Å². The molecule has 2 aromatic carbocycles. The van der Waals surface area contributed by atoms with Gasteiger partial charge in [0.1, 0.15) is 0 Å². The fourth-order valence-electron chi connectivity index (χ4n) is 2.01. The molecule has 0 amide bonds. The summed E-state index contributed by atoms with van der Waals surface area (Å²) >= 11 is 0. The number of aryl methyl sites for hydroxylation is 2. The smallest absolute Gasteiger partial charge is 0.0350 e. The molecular formula is C15H18N2. The Morgan fingerprint density at radius 1 is 0.882 bits per heavy atom. The van der Waals surface area contributed by atoms with Crippen LogP contribution in [0.5, 0.6) is 0 Å². The highest BCUT2D eigenvalue weighted by Crippen LogP contribution is 2.21. The van der Waals surface area contributed by atoms with E-state index < -0.39 is 0 Å². The Hall–Kier alpha value is -1.96. The molecule has 0 fully saturated rings. The lowest BCUT2D eigenvalue weighted by molar-refractivity contribution is 1.15. The fourth-order valence-corrected chi connectivity index (χ4v) is 2.01. The van der Waals surface area contributed by atoms with Gasteiger partial charge in [0.15, 0.2) is 0 Å². The summed E-state index contributed by atoms with van der Waals surface area (Å²) in [5.41, 5.74) is 18.3. The van der Waals surface area contributed by atoms with E-state index in [2.05, 4.69) is 26.0 Å². The van der Waals surface area contributed by atoms with Gasteiger partial charge >= 0.3 is 0 Å². The first kappa shape index (κ1) is 11.5. The maximum Gasteiger partial charge on any atom is 0.0350 e. The Balaban J connectivity index is 2.34. The van der Waals surface area contributed by atoms with Gasteiger partial charge in [-0.05, 0) is 55.2 Å². The van der Waals surface area contributed by atoms with Crippen molar-refractivity contribution in [2.24, 2.45) is 0 Å². The van der Waals surface area contributed by atoms with Gasteiger partial charge in [0.05, 0.1) is 0 Å². The lowest BCUT2D eigenvalue weighted by Crippen LogP contribution is -1.98. The highest BCUT2D eigenvalue weighted by Gasteiger charge is 2.04. The molecule has 2 aromatic rings. The average molecular weight is 226 g/mol. The summed E-state index contributed by atoms with van der Waals surface area (Å²) in [4.78, 5) is 0. The highest BCUT2D eigenvalue weighted by molar-refractivity contribution is 5.52. The van der Waals surface area contributed by atoms with Crippen LogP contribution in [0.1, 0.15) is 22.3 Å². The molecular weight excluding hydrogens is 208 g/mol. The predicted molar refractivity (Wildman–Crippen MR) is 74.0 cm³/mol. The van der Waals surface area contributed by atoms with Crippen molar-refractivity contribution in [3.8, 4) is 0 Å². The molecule has 0 saturated carbocycles. The van der Waals surface area contributed by atoms with Gasteiger partial charge in [-0.2, -0.15) is 0 Å². The van der Waals surface area contributed by atoms with Crippen molar-refractivity contribution < 1.29 is 0 Å². The first-order valence-corrected chi connectivity index (χ1v) is 5.76. The van der Waals surface area contributed by atoms with E-state index in [0.29, 0.717) is 0 Å². The minimum Gasteiger partial charge on any atom is -0.399 e. The van der Waals surface area contributed by atoms with Gasteiger partial charge in [0.2, 0.25) is 0 Å². The molecule has 0 heterocycles. The van der Waals surface area contributed by atoms with Crippen molar-refractivity contribution in [1.29, 1.82) is 0 Å². The van der Waals surface area contributed by atoms with Crippen LogP contribution in [0, 0.1) is 13.8 Å². The van der Waals surface area contributed by atoms with Gasteiger partial charge in [0, 0.05) is 11.4 Å². The Bertz CT molecular complexity index is 545. The topological polar surface area (TPSA) is 52.0 Å². The Morgan fingerprint density at radius 3 is 2.35 bits per heavy atom. The van der Waals surface area contributed by atoms with Crippen LogP contribution in [0.3, 0.4) is 0 Å².